The standard InChI is InChI=1S/C22H18ClN3O/c23-19-3-1-2-17(10-19)14-27-21-8-4-16(5-9-21)12-25-20-7-6-18-13-24-15-26-22(18)11-20/h1-11,13,15,25H,12,14H2. The summed E-state index contributed by atoms with van der Waals surface area (Å²) in [4.78, 5) is 8.32. The summed E-state index contributed by atoms with van der Waals surface area (Å²) in [6, 6.07) is 21.9. The maximum Gasteiger partial charge on any atom is 0.119 e. The van der Waals surface area contributed by atoms with Gasteiger partial charge in [-0.3, -0.25) is 0 Å². The lowest BCUT2D eigenvalue weighted by Gasteiger charge is -2.09. The number of halogens is 1. The Morgan fingerprint density at radius 3 is 2.67 bits per heavy atom. The van der Waals surface area contributed by atoms with Crippen LogP contribution in [0.3, 0.4) is 0 Å². The first-order valence-corrected chi connectivity index (χ1v) is 9.04. The van der Waals surface area contributed by atoms with Gasteiger partial charge in [0.05, 0.1) is 5.52 Å². The fourth-order valence-electron chi connectivity index (χ4n) is 2.78. The molecule has 1 heterocycles. The molecular formula is C22H18ClN3O. The minimum Gasteiger partial charge on any atom is -0.489 e. The van der Waals surface area contributed by atoms with E-state index in [1.807, 2.05) is 60.8 Å². The number of hydrogen-bond donors (Lipinski definition) is 1. The molecule has 0 bridgehead atoms. The second-order valence-corrected chi connectivity index (χ2v) is 6.65. The Morgan fingerprint density at radius 1 is 0.926 bits per heavy atom. The Labute approximate surface area is 162 Å². The van der Waals surface area contributed by atoms with Crippen molar-refractivity contribution in [2.75, 3.05) is 5.32 Å². The minimum absolute atomic E-state index is 0.497. The molecule has 0 fully saturated rings. The van der Waals surface area contributed by atoms with Gasteiger partial charge in [-0.15, -0.1) is 0 Å². The summed E-state index contributed by atoms with van der Waals surface area (Å²) in [5, 5.41) is 5.17. The lowest BCUT2D eigenvalue weighted by Crippen LogP contribution is -2.00. The van der Waals surface area contributed by atoms with Crippen LogP contribution in [0.25, 0.3) is 10.9 Å². The number of rotatable bonds is 6. The highest BCUT2D eigenvalue weighted by Gasteiger charge is 2.00. The summed E-state index contributed by atoms with van der Waals surface area (Å²) in [6.07, 6.45) is 3.38. The third kappa shape index (κ3) is 4.54. The quantitative estimate of drug-likeness (QED) is 0.485. The van der Waals surface area contributed by atoms with Gasteiger partial charge >= 0.3 is 0 Å². The summed E-state index contributed by atoms with van der Waals surface area (Å²) in [6.45, 7) is 1.22. The predicted molar refractivity (Wildman–Crippen MR) is 109 cm³/mol. The molecule has 134 valence electrons. The molecule has 4 rings (SSSR count). The Bertz CT molecular complexity index is 1050. The fourth-order valence-corrected chi connectivity index (χ4v) is 3.00. The van der Waals surface area contributed by atoms with Gasteiger partial charge in [0.25, 0.3) is 0 Å². The highest BCUT2D eigenvalue weighted by atomic mass is 35.5. The van der Waals surface area contributed by atoms with Crippen molar-refractivity contribution in [3.63, 3.8) is 0 Å². The van der Waals surface area contributed by atoms with Crippen molar-refractivity contribution < 1.29 is 4.74 Å². The van der Waals surface area contributed by atoms with E-state index < -0.39 is 0 Å². The first-order chi connectivity index (χ1) is 13.3. The second-order valence-electron chi connectivity index (χ2n) is 6.21. The molecule has 4 nitrogen and oxygen atoms in total. The van der Waals surface area contributed by atoms with E-state index in [1.54, 1.807) is 6.33 Å². The molecule has 0 saturated carbocycles. The largest absolute Gasteiger partial charge is 0.489 e. The Morgan fingerprint density at radius 2 is 1.81 bits per heavy atom. The zero-order chi connectivity index (χ0) is 18.5. The van der Waals surface area contributed by atoms with Crippen LogP contribution in [0.2, 0.25) is 5.02 Å². The van der Waals surface area contributed by atoms with Gasteiger partial charge in [-0.25, -0.2) is 9.97 Å². The molecule has 0 amide bonds. The van der Waals surface area contributed by atoms with Gasteiger partial charge in [0.1, 0.15) is 18.7 Å². The normalized spacial score (nSPS) is 10.7. The zero-order valence-electron chi connectivity index (χ0n) is 14.6. The molecule has 0 aliphatic carbocycles. The Balaban J connectivity index is 1.34. The first kappa shape index (κ1) is 17.3. The van der Waals surface area contributed by atoms with Crippen LogP contribution in [0.5, 0.6) is 5.75 Å². The average Bonchev–Trinajstić information content (AvgIpc) is 2.71. The third-order valence-corrected chi connectivity index (χ3v) is 4.46. The maximum atomic E-state index is 6.00. The lowest BCUT2D eigenvalue weighted by molar-refractivity contribution is 0.306. The number of nitrogens with one attached hydrogen (secondary N) is 1. The van der Waals surface area contributed by atoms with E-state index in [0.29, 0.717) is 6.61 Å². The van der Waals surface area contributed by atoms with Gasteiger partial charge in [0.2, 0.25) is 0 Å². The fraction of sp³-hybridized carbons (Fsp3) is 0.0909. The van der Waals surface area contributed by atoms with E-state index in [-0.39, 0.29) is 0 Å². The molecule has 0 spiro atoms. The summed E-state index contributed by atoms with van der Waals surface area (Å²) < 4.78 is 5.82. The van der Waals surface area contributed by atoms with E-state index in [1.165, 1.54) is 5.56 Å². The predicted octanol–water partition coefficient (Wildman–Crippen LogP) is 5.47. The number of nitrogens with zero attached hydrogens (tertiary/aromatic N) is 2. The van der Waals surface area contributed by atoms with Gasteiger partial charge in [-0.2, -0.15) is 0 Å². The van der Waals surface area contributed by atoms with Crippen molar-refractivity contribution in [3.8, 4) is 5.75 Å². The summed E-state index contributed by atoms with van der Waals surface area (Å²) in [5.41, 5.74) is 4.18. The smallest absolute Gasteiger partial charge is 0.119 e. The monoisotopic (exact) mass is 375 g/mol. The number of aromatic nitrogens is 2. The highest BCUT2D eigenvalue weighted by Crippen LogP contribution is 2.19. The molecule has 4 aromatic rings. The van der Waals surface area contributed by atoms with E-state index in [0.717, 1.165) is 39.5 Å². The van der Waals surface area contributed by atoms with Crippen LogP contribution < -0.4 is 10.1 Å². The van der Waals surface area contributed by atoms with Crippen LogP contribution in [-0.2, 0) is 13.2 Å². The SMILES string of the molecule is Clc1cccc(COc2ccc(CNc3ccc4cncnc4c3)cc2)c1. The number of fused-ring (bicyclic) bond motifs is 1. The topological polar surface area (TPSA) is 47.0 Å². The molecule has 5 heteroatoms. The number of anilines is 1. The van der Waals surface area contributed by atoms with Crippen LogP contribution in [0.1, 0.15) is 11.1 Å². The van der Waals surface area contributed by atoms with Crippen molar-refractivity contribution in [1.29, 1.82) is 0 Å². The molecule has 1 N–H and O–H groups in total. The van der Waals surface area contributed by atoms with E-state index in [9.17, 15) is 0 Å². The van der Waals surface area contributed by atoms with Crippen LogP contribution in [0.4, 0.5) is 5.69 Å². The number of benzene rings is 3. The zero-order valence-corrected chi connectivity index (χ0v) is 15.4. The van der Waals surface area contributed by atoms with Crippen molar-refractivity contribution in [2.24, 2.45) is 0 Å². The Hall–Kier alpha value is -3.11. The van der Waals surface area contributed by atoms with Crippen LogP contribution in [0.15, 0.2) is 79.3 Å². The summed E-state index contributed by atoms with van der Waals surface area (Å²) in [7, 11) is 0. The molecule has 0 aliphatic rings. The van der Waals surface area contributed by atoms with Gasteiger partial charge in [0.15, 0.2) is 0 Å². The van der Waals surface area contributed by atoms with Gasteiger partial charge in [-0.1, -0.05) is 35.9 Å². The first-order valence-electron chi connectivity index (χ1n) is 8.66. The molecule has 0 saturated heterocycles. The van der Waals surface area contributed by atoms with E-state index in [4.69, 9.17) is 16.3 Å². The summed E-state index contributed by atoms with van der Waals surface area (Å²) in [5.74, 6) is 0.834. The minimum atomic E-state index is 0.497. The van der Waals surface area contributed by atoms with Crippen LogP contribution >= 0.6 is 11.6 Å². The average molecular weight is 376 g/mol. The molecule has 0 unspecified atom stereocenters. The maximum absolute atomic E-state index is 6.00. The third-order valence-electron chi connectivity index (χ3n) is 4.22. The van der Waals surface area contributed by atoms with E-state index >= 15 is 0 Å². The van der Waals surface area contributed by atoms with Crippen molar-refractivity contribution in [1.82, 2.24) is 9.97 Å². The van der Waals surface area contributed by atoms with Crippen molar-refractivity contribution in [3.05, 3.63) is 95.4 Å². The van der Waals surface area contributed by atoms with Gasteiger partial charge in [0, 0.05) is 28.8 Å². The van der Waals surface area contributed by atoms with Crippen molar-refractivity contribution >= 4 is 28.2 Å². The van der Waals surface area contributed by atoms with Gasteiger partial charge < -0.3 is 10.1 Å². The molecule has 0 radical (unpaired) electrons. The van der Waals surface area contributed by atoms with Crippen LogP contribution in [0, 0.1) is 0 Å². The molecule has 0 atom stereocenters. The molecular weight excluding hydrogens is 358 g/mol. The van der Waals surface area contributed by atoms with E-state index in [2.05, 4.69) is 27.4 Å². The highest BCUT2D eigenvalue weighted by molar-refractivity contribution is 6.30. The number of ether oxygens (including phenoxy) is 1. The van der Waals surface area contributed by atoms with Crippen LogP contribution in [-0.4, -0.2) is 9.97 Å². The summed E-state index contributed by atoms with van der Waals surface area (Å²) >= 11 is 6.00. The molecule has 0 aliphatic heterocycles. The number of hydrogen-bond acceptors (Lipinski definition) is 4. The lowest BCUT2D eigenvalue weighted by atomic mass is 10.2. The molecule has 27 heavy (non-hydrogen) atoms. The second kappa shape index (κ2) is 8.06. The molecule has 1 aromatic heterocycles. The molecule has 3 aromatic carbocycles. The van der Waals surface area contributed by atoms with Crippen molar-refractivity contribution in [2.45, 2.75) is 13.2 Å². The Kier molecular flexibility index (Phi) is 5.17. The van der Waals surface area contributed by atoms with Gasteiger partial charge in [-0.05, 0) is 53.6 Å².